The second kappa shape index (κ2) is 7.17. The third-order valence-electron chi connectivity index (χ3n) is 3.87. The number of nitrogens with zero attached hydrogens (tertiary/aromatic N) is 3. The minimum Gasteiger partial charge on any atom is -0.355 e. The van der Waals surface area contributed by atoms with Gasteiger partial charge in [0, 0.05) is 12.5 Å². The van der Waals surface area contributed by atoms with E-state index in [2.05, 4.69) is 32.2 Å². The van der Waals surface area contributed by atoms with Crippen LogP contribution in [0.3, 0.4) is 0 Å². The third kappa shape index (κ3) is 3.93. The molecule has 0 spiro atoms. The lowest BCUT2D eigenvalue weighted by molar-refractivity contribution is -0.120. The molecule has 23 heavy (non-hydrogen) atoms. The zero-order chi connectivity index (χ0) is 16.2. The van der Waals surface area contributed by atoms with Crippen molar-refractivity contribution in [2.75, 3.05) is 6.54 Å². The minimum absolute atomic E-state index is 0.0414. The van der Waals surface area contributed by atoms with Crippen LogP contribution in [0.1, 0.15) is 44.0 Å². The zero-order valence-electron chi connectivity index (χ0n) is 13.5. The van der Waals surface area contributed by atoms with Crippen molar-refractivity contribution in [1.29, 1.82) is 0 Å². The van der Waals surface area contributed by atoms with Crippen molar-refractivity contribution in [3.05, 3.63) is 41.7 Å². The molecule has 1 N–H and O–H groups in total. The normalized spacial score (nSPS) is 15.4. The molecule has 1 aromatic heterocycles. The first-order valence-electron chi connectivity index (χ1n) is 8.10. The molecule has 0 bridgehead atoms. The van der Waals surface area contributed by atoms with Gasteiger partial charge in [-0.2, -0.15) is 0 Å². The maximum absolute atomic E-state index is 12.0. The SMILES string of the molecule is CCNC(=O)[C@H](C)Sc1nnc(C2CC2)n1Cc1ccccc1. The summed E-state index contributed by atoms with van der Waals surface area (Å²) in [5, 5.41) is 12.3. The Hall–Kier alpha value is -1.82. The molecule has 6 heteroatoms. The van der Waals surface area contributed by atoms with Gasteiger partial charge in [-0.25, -0.2) is 0 Å². The highest BCUT2D eigenvalue weighted by atomic mass is 32.2. The number of thioether (sulfide) groups is 1. The molecule has 5 nitrogen and oxygen atoms in total. The number of amides is 1. The number of aromatic nitrogens is 3. The average Bonchev–Trinajstić information content (AvgIpc) is 3.33. The van der Waals surface area contributed by atoms with Crippen LogP contribution in [0.5, 0.6) is 0 Å². The van der Waals surface area contributed by atoms with E-state index in [4.69, 9.17) is 0 Å². The Morgan fingerprint density at radius 3 is 2.74 bits per heavy atom. The van der Waals surface area contributed by atoms with Crippen molar-refractivity contribution < 1.29 is 4.79 Å². The zero-order valence-corrected chi connectivity index (χ0v) is 14.3. The lowest BCUT2D eigenvalue weighted by Gasteiger charge is -2.13. The van der Waals surface area contributed by atoms with Crippen LogP contribution in [-0.2, 0) is 11.3 Å². The van der Waals surface area contributed by atoms with Gasteiger partial charge in [0.05, 0.1) is 11.8 Å². The van der Waals surface area contributed by atoms with E-state index in [1.54, 1.807) is 0 Å². The van der Waals surface area contributed by atoms with Crippen molar-refractivity contribution >= 4 is 17.7 Å². The van der Waals surface area contributed by atoms with E-state index in [-0.39, 0.29) is 11.2 Å². The fourth-order valence-corrected chi connectivity index (χ4v) is 3.35. The Morgan fingerprint density at radius 1 is 1.35 bits per heavy atom. The van der Waals surface area contributed by atoms with Crippen LogP contribution in [-0.4, -0.2) is 32.5 Å². The number of nitrogens with one attached hydrogen (secondary N) is 1. The molecular formula is C17H22N4OS. The highest BCUT2D eigenvalue weighted by Crippen LogP contribution is 2.40. The molecule has 1 aromatic carbocycles. The lowest BCUT2D eigenvalue weighted by Crippen LogP contribution is -2.30. The fraction of sp³-hybridized carbons (Fsp3) is 0.471. The van der Waals surface area contributed by atoms with Crippen molar-refractivity contribution in [1.82, 2.24) is 20.1 Å². The number of carbonyl (C=O) groups excluding carboxylic acids is 1. The standard InChI is InChI=1S/C17H22N4OS/c1-3-18-16(22)12(2)23-17-20-19-15(14-9-10-14)21(17)11-13-7-5-4-6-8-13/h4-8,12,14H,3,9-11H2,1-2H3,(H,18,22)/t12-/m0/s1. The Bertz CT molecular complexity index is 666. The van der Waals surface area contributed by atoms with E-state index in [1.807, 2.05) is 32.0 Å². The van der Waals surface area contributed by atoms with Gasteiger partial charge in [0.1, 0.15) is 5.82 Å². The Labute approximate surface area is 140 Å². The van der Waals surface area contributed by atoms with Crippen LogP contribution in [0, 0.1) is 0 Å². The summed E-state index contributed by atoms with van der Waals surface area (Å²) < 4.78 is 2.17. The Morgan fingerprint density at radius 2 is 2.09 bits per heavy atom. The number of rotatable bonds is 7. The van der Waals surface area contributed by atoms with Gasteiger partial charge in [-0.1, -0.05) is 42.1 Å². The minimum atomic E-state index is -0.180. The molecule has 1 saturated carbocycles. The molecule has 1 amide bonds. The third-order valence-corrected chi connectivity index (χ3v) is 4.95. The predicted octanol–water partition coefficient (Wildman–Crippen LogP) is 2.82. The Kier molecular flexibility index (Phi) is 5.00. The number of carbonyl (C=O) groups is 1. The predicted molar refractivity (Wildman–Crippen MR) is 91.5 cm³/mol. The maximum atomic E-state index is 12.0. The quantitative estimate of drug-likeness (QED) is 0.793. The van der Waals surface area contributed by atoms with Gasteiger partial charge in [0.25, 0.3) is 0 Å². The summed E-state index contributed by atoms with van der Waals surface area (Å²) in [7, 11) is 0. The first-order chi connectivity index (χ1) is 11.2. The van der Waals surface area contributed by atoms with Gasteiger partial charge >= 0.3 is 0 Å². The molecule has 0 aliphatic heterocycles. The molecule has 2 aromatic rings. The fourth-order valence-electron chi connectivity index (χ4n) is 2.47. The van der Waals surface area contributed by atoms with Crippen LogP contribution >= 0.6 is 11.8 Å². The molecule has 1 aliphatic carbocycles. The van der Waals surface area contributed by atoms with E-state index in [1.165, 1.54) is 30.2 Å². The monoisotopic (exact) mass is 330 g/mol. The summed E-state index contributed by atoms with van der Waals surface area (Å²) in [6.45, 7) is 5.24. The maximum Gasteiger partial charge on any atom is 0.233 e. The van der Waals surface area contributed by atoms with Gasteiger partial charge in [-0.05, 0) is 32.3 Å². The summed E-state index contributed by atoms with van der Waals surface area (Å²) >= 11 is 1.48. The van der Waals surface area contributed by atoms with Crippen LogP contribution < -0.4 is 5.32 Å². The number of hydrogen-bond acceptors (Lipinski definition) is 4. The van der Waals surface area contributed by atoms with E-state index >= 15 is 0 Å². The largest absolute Gasteiger partial charge is 0.355 e. The van der Waals surface area contributed by atoms with Gasteiger partial charge in [-0.15, -0.1) is 10.2 Å². The van der Waals surface area contributed by atoms with Crippen LogP contribution in [0.4, 0.5) is 0 Å². The molecule has 3 rings (SSSR count). The first kappa shape index (κ1) is 16.1. The van der Waals surface area contributed by atoms with Gasteiger partial charge in [-0.3, -0.25) is 4.79 Å². The molecular weight excluding hydrogens is 308 g/mol. The van der Waals surface area contributed by atoms with Crippen molar-refractivity contribution in [3.63, 3.8) is 0 Å². The summed E-state index contributed by atoms with van der Waals surface area (Å²) in [5.74, 6) is 1.62. The Balaban J connectivity index is 1.81. The molecule has 122 valence electrons. The second-order valence-electron chi connectivity index (χ2n) is 5.84. The summed E-state index contributed by atoms with van der Waals surface area (Å²) in [4.78, 5) is 12.0. The van der Waals surface area contributed by atoms with Crippen LogP contribution in [0.2, 0.25) is 0 Å². The molecule has 1 atom stereocenters. The molecule has 1 aliphatic rings. The first-order valence-corrected chi connectivity index (χ1v) is 8.98. The lowest BCUT2D eigenvalue weighted by atomic mass is 10.2. The van der Waals surface area contributed by atoms with Gasteiger partial charge in [0.15, 0.2) is 5.16 Å². The summed E-state index contributed by atoms with van der Waals surface area (Å²) in [6, 6.07) is 10.3. The highest BCUT2D eigenvalue weighted by molar-refractivity contribution is 8.00. The highest BCUT2D eigenvalue weighted by Gasteiger charge is 2.31. The van der Waals surface area contributed by atoms with Gasteiger partial charge < -0.3 is 9.88 Å². The average molecular weight is 330 g/mol. The smallest absolute Gasteiger partial charge is 0.233 e. The topological polar surface area (TPSA) is 59.8 Å². The van der Waals surface area contributed by atoms with E-state index < -0.39 is 0 Å². The van der Waals surface area contributed by atoms with Crippen molar-refractivity contribution in [3.8, 4) is 0 Å². The summed E-state index contributed by atoms with van der Waals surface area (Å²) in [6.07, 6.45) is 2.37. The summed E-state index contributed by atoms with van der Waals surface area (Å²) in [5.41, 5.74) is 1.22. The number of hydrogen-bond donors (Lipinski definition) is 1. The van der Waals surface area contributed by atoms with Crippen molar-refractivity contribution in [2.24, 2.45) is 0 Å². The molecule has 1 heterocycles. The molecule has 0 radical (unpaired) electrons. The second-order valence-corrected chi connectivity index (χ2v) is 7.15. The van der Waals surface area contributed by atoms with Crippen molar-refractivity contribution in [2.45, 2.75) is 49.6 Å². The van der Waals surface area contributed by atoms with Gasteiger partial charge in [0.2, 0.25) is 5.91 Å². The van der Waals surface area contributed by atoms with E-state index in [0.717, 1.165) is 17.5 Å². The van der Waals surface area contributed by atoms with Crippen LogP contribution in [0.15, 0.2) is 35.5 Å². The number of benzene rings is 1. The van der Waals surface area contributed by atoms with Crippen LogP contribution in [0.25, 0.3) is 0 Å². The molecule has 1 fully saturated rings. The molecule has 0 saturated heterocycles. The van der Waals surface area contributed by atoms with E-state index in [0.29, 0.717) is 12.5 Å². The van der Waals surface area contributed by atoms with E-state index in [9.17, 15) is 4.79 Å². The molecule has 0 unspecified atom stereocenters.